The molecule has 0 fully saturated rings. The van der Waals surface area contributed by atoms with Crippen molar-refractivity contribution in [3.8, 4) is 0 Å². The number of aliphatic hydroxyl groups excluding tert-OH is 1. The highest BCUT2D eigenvalue weighted by Gasteiger charge is 2.17. The van der Waals surface area contributed by atoms with Gasteiger partial charge in [-0.2, -0.15) is 0 Å². The number of nitrogens with one attached hydrogen (secondary N) is 2. The molecule has 0 aliphatic carbocycles. The van der Waals surface area contributed by atoms with Crippen molar-refractivity contribution in [3.05, 3.63) is 64.0 Å². The molecule has 0 unspecified atom stereocenters. The lowest BCUT2D eigenvalue weighted by Crippen LogP contribution is -2.05. The highest BCUT2D eigenvalue weighted by molar-refractivity contribution is 5.94. The fourth-order valence-electron chi connectivity index (χ4n) is 2.66. The standard InChI is InChI=1S/C18H19N5O3/c1-2-19-16-8-15-14(7-17(16)23(25)26)18(22-11-21-15)20-9-12-3-5-13(10-24)6-4-12/h3-8,11,19,24H,2,9-10H2,1H3,(H,20,21,22). The van der Waals surface area contributed by atoms with Crippen LogP contribution in [0.25, 0.3) is 10.9 Å². The smallest absolute Gasteiger partial charge is 0.293 e. The highest BCUT2D eigenvalue weighted by atomic mass is 16.6. The quantitative estimate of drug-likeness (QED) is 0.442. The van der Waals surface area contributed by atoms with Gasteiger partial charge in [0.05, 0.1) is 17.0 Å². The van der Waals surface area contributed by atoms with Crippen molar-refractivity contribution in [1.82, 2.24) is 9.97 Å². The lowest BCUT2D eigenvalue weighted by molar-refractivity contribution is -0.383. The molecule has 0 aliphatic rings. The second-order valence-corrected chi connectivity index (χ2v) is 5.72. The summed E-state index contributed by atoms with van der Waals surface area (Å²) in [5.74, 6) is 0.535. The number of hydrogen-bond acceptors (Lipinski definition) is 7. The molecule has 8 heteroatoms. The lowest BCUT2D eigenvalue weighted by Gasteiger charge is -2.11. The van der Waals surface area contributed by atoms with Crippen molar-refractivity contribution in [2.45, 2.75) is 20.1 Å². The zero-order chi connectivity index (χ0) is 18.5. The Bertz CT molecular complexity index is 928. The predicted octanol–water partition coefficient (Wildman–Crippen LogP) is 3.07. The summed E-state index contributed by atoms with van der Waals surface area (Å²) in [6.07, 6.45) is 1.43. The first kappa shape index (κ1) is 17.6. The van der Waals surface area contributed by atoms with Crippen LogP contribution in [0, 0.1) is 10.1 Å². The van der Waals surface area contributed by atoms with Gasteiger partial charge in [-0.1, -0.05) is 24.3 Å². The van der Waals surface area contributed by atoms with Crippen LogP contribution in [0.15, 0.2) is 42.7 Å². The Morgan fingerprint density at radius 1 is 1.12 bits per heavy atom. The first-order valence-electron chi connectivity index (χ1n) is 8.22. The van der Waals surface area contributed by atoms with E-state index in [1.165, 1.54) is 12.4 Å². The Kier molecular flexibility index (Phi) is 5.23. The Balaban J connectivity index is 1.92. The Morgan fingerprint density at radius 3 is 2.50 bits per heavy atom. The molecule has 8 nitrogen and oxygen atoms in total. The van der Waals surface area contributed by atoms with Gasteiger partial charge in [0.2, 0.25) is 0 Å². The average Bonchev–Trinajstić information content (AvgIpc) is 2.66. The van der Waals surface area contributed by atoms with Crippen LogP contribution in [0.1, 0.15) is 18.1 Å². The van der Waals surface area contributed by atoms with Crippen LogP contribution in [-0.2, 0) is 13.2 Å². The topological polar surface area (TPSA) is 113 Å². The minimum absolute atomic E-state index is 0.00204. The number of hydrogen-bond donors (Lipinski definition) is 3. The van der Waals surface area contributed by atoms with Gasteiger partial charge in [0.1, 0.15) is 17.8 Å². The van der Waals surface area contributed by atoms with Gasteiger partial charge in [0.15, 0.2) is 0 Å². The summed E-state index contributed by atoms with van der Waals surface area (Å²) in [4.78, 5) is 19.4. The molecule has 3 aromatic rings. The minimum atomic E-state index is -0.415. The maximum Gasteiger partial charge on any atom is 0.293 e. The Hall–Kier alpha value is -3.26. The molecule has 0 bridgehead atoms. The third-order valence-electron chi connectivity index (χ3n) is 3.98. The van der Waals surface area contributed by atoms with Crippen LogP contribution in [0.2, 0.25) is 0 Å². The molecule has 3 N–H and O–H groups in total. The number of nitro groups is 1. The molecule has 26 heavy (non-hydrogen) atoms. The molecule has 0 atom stereocenters. The number of aromatic nitrogens is 2. The molecule has 1 aromatic heterocycles. The molecule has 0 saturated carbocycles. The summed E-state index contributed by atoms with van der Waals surface area (Å²) >= 11 is 0. The van der Waals surface area contributed by atoms with Crippen LogP contribution in [0.3, 0.4) is 0 Å². The monoisotopic (exact) mass is 353 g/mol. The van der Waals surface area contributed by atoms with Gasteiger partial charge in [-0.15, -0.1) is 0 Å². The summed E-state index contributed by atoms with van der Waals surface area (Å²) in [6.45, 7) is 2.96. The van der Waals surface area contributed by atoms with E-state index in [1.807, 2.05) is 31.2 Å². The second kappa shape index (κ2) is 7.75. The third-order valence-corrected chi connectivity index (χ3v) is 3.98. The first-order valence-corrected chi connectivity index (χ1v) is 8.22. The van der Waals surface area contributed by atoms with E-state index in [9.17, 15) is 10.1 Å². The SMILES string of the molecule is CCNc1cc2ncnc(NCc3ccc(CO)cc3)c2cc1[N+](=O)[O-]. The molecule has 0 aliphatic heterocycles. The molecular formula is C18H19N5O3. The van der Waals surface area contributed by atoms with Crippen LogP contribution in [-0.4, -0.2) is 26.5 Å². The van der Waals surface area contributed by atoms with Gasteiger partial charge in [0.25, 0.3) is 5.69 Å². The van der Waals surface area contributed by atoms with Gasteiger partial charge in [-0.25, -0.2) is 9.97 Å². The van der Waals surface area contributed by atoms with Crippen molar-refractivity contribution in [2.24, 2.45) is 0 Å². The molecule has 0 radical (unpaired) electrons. The molecule has 0 saturated heterocycles. The van der Waals surface area contributed by atoms with E-state index < -0.39 is 4.92 Å². The van der Waals surface area contributed by atoms with Gasteiger partial charge >= 0.3 is 0 Å². The number of nitro benzene ring substituents is 1. The average molecular weight is 353 g/mol. The number of anilines is 2. The summed E-state index contributed by atoms with van der Waals surface area (Å²) in [7, 11) is 0. The van der Waals surface area contributed by atoms with Crippen molar-refractivity contribution >= 4 is 28.1 Å². The normalized spacial score (nSPS) is 10.7. The van der Waals surface area contributed by atoms with E-state index in [4.69, 9.17) is 5.11 Å². The summed E-state index contributed by atoms with van der Waals surface area (Å²) in [6, 6.07) is 10.7. The Labute approximate surface area is 150 Å². The van der Waals surface area contributed by atoms with E-state index in [2.05, 4.69) is 20.6 Å². The molecule has 1 heterocycles. The van der Waals surface area contributed by atoms with E-state index in [1.54, 1.807) is 6.07 Å². The maximum absolute atomic E-state index is 11.4. The zero-order valence-corrected chi connectivity index (χ0v) is 14.3. The summed E-state index contributed by atoms with van der Waals surface area (Å²) in [5, 5.41) is 27.3. The molecule has 3 rings (SSSR count). The van der Waals surface area contributed by atoms with Gasteiger partial charge in [-0.3, -0.25) is 10.1 Å². The number of aliphatic hydroxyl groups is 1. The predicted molar refractivity (Wildman–Crippen MR) is 100 cm³/mol. The largest absolute Gasteiger partial charge is 0.392 e. The molecule has 0 spiro atoms. The molecule has 134 valence electrons. The van der Waals surface area contributed by atoms with E-state index in [-0.39, 0.29) is 12.3 Å². The van der Waals surface area contributed by atoms with Crippen molar-refractivity contribution in [3.63, 3.8) is 0 Å². The van der Waals surface area contributed by atoms with Crippen LogP contribution in [0.5, 0.6) is 0 Å². The van der Waals surface area contributed by atoms with E-state index in [0.717, 1.165) is 11.1 Å². The lowest BCUT2D eigenvalue weighted by atomic mass is 10.1. The number of nitrogens with zero attached hydrogens (tertiary/aromatic N) is 3. The fraction of sp³-hybridized carbons (Fsp3) is 0.222. The van der Waals surface area contributed by atoms with E-state index >= 15 is 0 Å². The first-order chi connectivity index (χ1) is 12.6. The zero-order valence-electron chi connectivity index (χ0n) is 14.3. The second-order valence-electron chi connectivity index (χ2n) is 5.72. The van der Waals surface area contributed by atoms with Crippen LogP contribution < -0.4 is 10.6 Å². The summed E-state index contributed by atoms with van der Waals surface area (Å²) < 4.78 is 0. The third kappa shape index (κ3) is 3.70. The van der Waals surface area contributed by atoms with Gasteiger partial charge in [0, 0.05) is 24.5 Å². The number of benzene rings is 2. The summed E-state index contributed by atoms with van der Waals surface area (Å²) in [5.41, 5.74) is 2.90. The molecule has 2 aromatic carbocycles. The Morgan fingerprint density at radius 2 is 1.85 bits per heavy atom. The van der Waals surface area contributed by atoms with Crippen molar-refractivity contribution in [1.29, 1.82) is 0 Å². The molecule has 0 amide bonds. The highest BCUT2D eigenvalue weighted by Crippen LogP contribution is 2.32. The van der Waals surface area contributed by atoms with Gasteiger partial charge in [-0.05, 0) is 24.1 Å². The van der Waals surface area contributed by atoms with E-state index in [0.29, 0.717) is 35.5 Å². The van der Waals surface area contributed by atoms with Crippen molar-refractivity contribution in [2.75, 3.05) is 17.2 Å². The number of fused-ring (bicyclic) bond motifs is 1. The van der Waals surface area contributed by atoms with Crippen LogP contribution in [0.4, 0.5) is 17.2 Å². The van der Waals surface area contributed by atoms with Crippen LogP contribution >= 0.6 is 0 Å². The molecular weight excluding hydrogens is 334 g/mol. The van der Waals surface area contributed by atoms with Crippen molar-refractivity contribution < 1.29 is 10.0 Å². The minimum Gasteiger partial charge on any atom is -0.392 e. The fourth-order valence-corrected chi connectivity index (χ4v) is 2.66. The van der Waals surface area contributed by atoms with Gasteiger partial charge < -0.3 is 15.7 Å². The number of rotatable bonds is 7. The maximum atomic E-state index is 11.4.